The van der Waals surface area contributed by atoms with Gasteiger partial charge in [-0.25, -0.2) is 0 Å². The number of carboxylic acids is 1. The smallest absolute Gasteiger partial charge is 0.305 e. The molecule has 7 heteroatoms. The van der Waals surface area contributed by atoms with Crippen molar-refractivity contribution in [3.63, 3.8) is 0 Å². The maximum Gasteiger partial charge on any atom is 0.305 e. The van der Waals surface area contributed by atoms with Gasteiger partial charge in [-0.15, -0.1) is 0 Å². The van der Waals surface area contributed by atoms with Crippen molar-refractivity contribution in [2.75, 3.05) is 19.6 Å². The Morgan fingerprint density at radius 1 is 1.18 bits per heavy atom. The van der Waals surface area contributed by atoms with Crippen LogP contribution in [0.2, 0.25) is 0 Å². The minimum atomic E-state index is -0.969. The summed E-state index contributed by atoms with van der Waals surface area (Å²) in [6.45, 7) is 4.28. The second-order valence-electron chi connectivity index (χ2n) is 7.33. The Morgan fingerprint density at radius 3 is 2.50 bits per heavy atom. The van der Waals surface area contributed by atoms with Crippen LogP contribution in [0.15, 0.2) is 24.3 Å². The third-order valence-electron chi connectivity index (χ3n) is 5.22. The van der Waals surface area contributed by atoms with Gasteiger partial charge in [0.15, 0.2) is 0 Å². The first-order valence-electron chi connectivity index (χ1n) is 10.1. The summed E-state index contributed by atoms with van der Waals surface area (Å²) in [6.07, 6.45) is 5.20. The predicted octanol–water partition coefficient (Wildman–Crippen LogP) is 2.18. The number of rotatable bonds is 10. The van der Waals surface area contributed by atoms with Crippen LogP contribution in [0.1, 0.15) is 66.2 Å². The van der Waals surface area contributed by atoms with Crippen LogP contribution in [0, 0.1) is 5.92 Å². The summed E-state index contributed by atoms with van der Waals surface area (Å²) in [5, 5.41) is 17.6. The molecule has 28 heavy (non-hydrogen) atoms. The summed E-state index contributed by atoms with van der Waals surface area (Å²) < 4.78 is 0. The van der Waals surface area contributed by atoms with Gasteiger partial charge in [-0.3, -0.25) is 14.4 Å². The topological polar surface area (TPSA) is 108 Å². The molecule has 0 spiro atoms. The number of hydrogen-bond acceptors (Lipinski definition) is 4. The molecule has 0 aliphatic carbocycles. The van der Waals surface area contributed by atoms with Crippen molar-refractivity contribution < 1.29 is 19.5 Å². The van der Waals surface area contributed by atoms with Gasteiger partial charge in [0, 0.05) is 23.7 Å². The summed E-state index contributed by atoms with van der Waals surface area (Å²) in [5.41, 5.74) is 0.784. The molecule has 1 aliphatic rings. The van der Waals surface area contributed by atoms with Crippen LogP contribution in [0.5, 0.6) is 0 Å². The highest BCUT2D eigenvalue weighted by Crippen LogP contribution is 2.19. The Labute approximate surface area is 166 Å². The van der Waals surface area contributed by atoms with Crippen molar-refractivity contribution in [2.24, 2.45) is 5.92 Å². The van der Waals surface area contributed by atoms with E-state index in [1.165, 1.54) is 12.8 Å². The van der Waals surface area contributed by atoms with Gasteiger partial charge in [-0.2, -0.15) is 0 Å². The van der Waals surface area contributed by atoms with Gasteiger partial charge in [-0.1, -0.05) is 13.0 Å². The fourth-order valence-electron chi connectivity index (χ4n) is 3.44. The maximum absolute atomic E-state index is 12.6. The van der Waals surface area contributed by atoms with E-state index >= 15 is 0 Å². The SMILES string of the molecule is CCC(CCC1CCNCC1)NC(=O)c1cccc(C(=O)NCCC(=O)O)c1. The molecule has 7 nitrogen and oxygen atoms in total. The van der Waals surface area contributed by atoms with Crippen LogP contribution in [0.3, 0.4) is 0 Å². The van der Waals surface area contributed by atoms with Crippen molar-refractivity contribution in [2.45, 2.75) is 51.5 Å². The van der Waals surface area contributed by atoms with Crippen LogP contribution >= 0.6 is 0 Å². The highest BCUT2D eigenvalue weighted by molar-refractivity contribution is 5.99. The van der Waals surface area contributed by atoms with E-state index in [4.69, 9.17) is 5.11 Å². The van der Waals surface area contributed by atoms with Crippen molar-refractivity contribution >= 4 is 17.8 Å². The molecule has 4 N–H and O–H groups in total. The summed E-state index contributed by atoms with van der Waals surface area (Å²) in [5.74, 6) is -0.806. The lowest BCUT2D eigenvalue weighted by atomic mass is 9.91. The molecule has 0 bridgehead atoms. The highest BCUT2D eigenvalue weighted by atomic mass is 16.4. The molecule has 1 saturated heterocycles. The fourth-order valence-corrected chi connectivity index (χ4v) is 3.44. The molecule has 1 fully saturated rings. The zero-order chi connectivity index (χ0) is 20.4. The lowest BCUT2D eigenvalue weighted by molar-refractivity contribution is -0.136. The number of amides is 2. The van der Waals surface area contributed by atoms with Crippen LogP contribution in [0.25, 0.3) is 0 Å². The van der Waals surface area contributed by atoms with Gasteiger partial charge in [0.1, 0.15) is 0 Å². The Kier molecular flexibility index (Phi) is 8.94. The lowest BCUT2D eigenvalue weighted by Gasteiger charge is -2.25. The monoisotopic (exact) mass is 389 g/mol. The molecular formula is C21H31N3O4. The van der Waals surface area contributed by atoms with Crippen LogP contribution in [-0.2, 0) is 4.79 Å². The average molecular weight is 389 g/mol. The number of carbonyl (C=O) groups excluding carboxylic acids is 2. The van der Waals surface area contributed by atoms with E-state index in [0.29, 0.717) is 11.1 Å². The van der Waals surface area contributed by atoms with Crippen molar-refractivity contribution in [3.05, 3.63) is 35.4 Å². The van der Waals surface area contributed by atoms with Crippen LogP contribution in [-0.4, -0.2) is 48.6 Å². The first kappa shape index (κ1) is 21.9. The van der Waals surface area contributed by atoms with Crippen LogP contribution in [0.4, 0.5) is 0 Å². The zero-order valence-corrected chi connectivity index (χ0v) is 16.5. The van der Waals surface area contributed by atoms with E-state index < -0.39 is 5.97 Å². The first-order valence-corrected chi connectivity index (χ1v) is 10.1. The number of hydrogen-bond donors (Lipinski definition) is 4. The summed E-state index contributed by atoms with van der Waals surface area (Å²) in [6, 6.07) is 6.63. The summed E-state index contributed by atoms with van der Waals surface area (Å²) in [4.78, 5) is 35.3. The number of nitrogens with one attached hydrogen (secondary N) is 3. The molecule has 1 aromatic rings. The summed E-state index contributed by atoms with van der Waals surface area (Å²) >= 11 is 0. The van der Waals surface area contributed by atoms with Gasteiger partial charge in [-0.05, 0) is 69.3 Å². The largest absolute Gasteiger partial charge is 0.481 e. The molecule has 0 radical (unpaired) electrons. The van der Waals surface area contributed by atoms with Crippen molar-refractivity contribution in [1.82, 2.24) is 16.0 Å². The minimum Gasteiger partial charge on any atom is -0.481 e. The molecule has 1 atom stereocenters. The second-order valence-corrected chi connectivity index (χ2v) is 7.33. The van der Waals surface area contributed by atoms with Crippen molar-refractivity contribution in [1.29, 1.82) is 0 Å². The van der Waals surface area contributed by atoms with E-state index in [9.17, 15) is 14.4 Å². The Balaban J connectivity index is 1.87. The molecule has 2 amide bonds. The molecule has 0 aromatic heterocycles. The number of piperidine rings is 1. The first-order chi connectivity index (χ1) is 13.5. The van der Waals surface area contributed by atoms with Gasteiger partial charge in [0.2, 0.25) is 0 Å². The van der Waals surface area contributed by atoms with Gasteiger partial charge in [0.05, 0.1) is 6.42 Å². The Morgan fingerprint density at radius 2 is 1.86 bits per heavy atom. The van der Waals surface area contributed by atoms with Gasteiger partial charge in [0.25, 0.3) is 11.8 Å². The third-order valence-corrected chi connectivity index (χ3v) is 5.22. The quantitative estimate of drug-likeness (QED) is 0.491. The maximum atomic E-state index is 12.6. The number of carbonyl (C=O) groups is 3. The summed E-state index contributed by atoms with van der Waals surface area (Å²) in [7, 11) is 0. The molecule has 1 aliphatic heterocycles. The highest BCUT2D eigenvalue weighted by Gasteiger charge is 2.18. The fraction of sp³-hybridized carbons (Fsp3) is 0.571. The van der Waals surface area contributed by atoms with Gasteiger partial charge >= 0.3 is 5.97 Å². The predicted molar refractivity (Wildman–Crippen MR) is 107 cm³/mol. The molecule has 1 unspecified atom stereocenters. The van der Waals surface area contributed by atoms with E-state index in [-0.39, 0.29) is 30.8 Å². The normalized spacial score (nSPS) is 15.6. The number of benzene rings is 1. The Bertz CT molecular complexity index is 671. The zero-order valence-electron chi connectivity index (χ0n) is 16.5. The number of carboxylic acid groups (broad SMARTS) is 1. The standard InChI is InChI=1S/C21H31N3O4/c1-2-18(7-6-15-8-11-22-12-9-15)24-21(28)17-5-3-4-16(14-17)20(27)23-13-10-19(25)26/h3-5,14-15,18,22H,2,6-13H2,1H3,(H,23,27)(H,24,28)(H,25,26). The van der Waals surface area contributed by atoms with Crippen molar-refractivity contribution in [3.8, 4) is 0 Å². The molecule has 154 valence electrons. The average Bonchev–Trinajstić information content (AvgIpc) is 2.71. The minimum absolute atomic E-state index is 0.0547. The van der Waals surface area contributed by atoms with Gasteiger partial charge < -0.3 is 21.1 Å². The molecule has 2 rings (SSSR count). The third kappa shape index (κ3) is 7.31. The lowest BCUT2D eigenvalue weighted by Crippen LogP contribution is -2.35. The molecular weight excluding hydrogens is 358 g/mol. The molecule has 1 heterocycles. The van der Waals surface area contributed by atoms with Crippen LogP contribution < -0.4 is 16.0 Å². The molecule has 1 aromatic carbocycles. The second kappa shape index (κ2) is 11.4. The molecule has 0 saturated carbocycles. The Hall–Kier alpha value is -2.41. The van der Waals surface area contributed by atoms with E-state index in [1.807, 2.05) is 0 Å². The van der Waals surface area contributed by atoms with E-state index in [1.54, 1.807) is 24.3 Å². The number of aliphatic carboxylic acids is 1. The van der Waals surface area contributed by atoms with E-state index in [0.717, 1.165) is 38.3 Å². The van der Waals surface area contributed by atoms with E-state index in [2.05, 4.69) is 22.9 Å².